The largest absolute Gasteiger partial charge is 0.400 e. The Balaban J connectivity index is 0.000000726. The van der Waals surface area contributed by atoms with Crippen LogP contribution in [0, 0.1) is 0 Å². The molecule has 0 spiro atoms. The number of aliphatic hydroxyl groups is 1. The molecule has 0 aliphatic heterocycles. The molecule has 0 fully saturated rings. The third-order valence-electron chi connectivity index (χ3n) is 5.97. The van der Waals surface area contributed by atoms with Crippen LogP contribution in [0.4, 0.5) is 0 Å². The average molecular weight is 459 g/mol. The third kappa shape index (κ3) is 4.29. The van der Waals surface area contributed by atoms with Gasteiger partial charge in [-0.25, -0.2) is 0 Å². The Kier molecular flexibility index (Phi) is 7.85. The normalized spacial score (nSPS) is 32.8. The van der Waals surface area contributed by atoms with Gasteiger partial charge in [-0.15, -0.1) is 23.2 Å². The topological polar surface area (TPSA) is 20.2 Å². The van der Waals surface area contributed by atoms with Gasteiger partial charge in [0, 0.05) is 33.3 Å². The van der Waals surface area contributed by atoms with E-state index in [1.54, 1.807) is 0 Å². The Bertz CT molecular complexity index is 565. The molecule has 4 rings (SSSR count). The molecular formula is C21H28Cl2OZr. The van der Waals surface area contributed by atoms with E-state index in [0.29, 0.717) is 0 Å². The molecule has 2 atom stereocenters. The van der Waals surface area contributed by atoms with Crippen molar-refractivity contribution in [2.75, 3.05) is 7.11 Å². The van der Waals surface area contributed by atoms with E-state index in [2.05, 4.69) is 24.3 Å². The number of hydrogen-bond donors (Lipinski definition) is 1. The van der Waals surface area contributed by atoms with Gasteiger partial charge >= 0.3 is 0 Å². The van der Waals surface area contributed by atoms with Crippen LogP contribution in [0.15, 0.2) is 46.6 Å². The summed E-state index contributed by atoms with van der Waals surface area (Å²) in [7, 11) is 1.00. The Morgan fingerprint density at radius 2 is 1.12 bits per heavy atom. The molecule has 0 bridgehead atoms. The molecular weight excluding hydrogens is 430 g/mol. The van der Waals surface area contributed by atoms with Crippen molar-refractivity contribution >= 4 is 23.2 Å². The van der Waals surface area contributed by atoms with Crippen molar-refractivity contribution in [2.45, 2.75) is 74.0 Å². The summed E-state index contributed by atoms with van der Waals surface area (Å²) in [5.41, 5.74) is 5.98. The Morgan fingerprint density at radius 3 is 1.52 bits per heavy atom. The third-order valence-corrected chi connectivity index (χ3v) is 7.06. The molecule has 25 heavy (non-hydrogen) atoms. The second-order valence-corrected chi connectivity index (χ2v) is 8.66. The maximum Gasteiger partial charge on any atom is 0.0844 e. The zero-order valence-corrected chi connectivity index (χ0v) is 19.1. The molecule has 0 aromatic heterocycles. The maximum atomic E-state index is 7.02. The molecule has 0 heterocycles. The molecule has 0 radical (unpaired) electrons. The minimum atomic E-state index is -0.260. The Morgan fingerprint density at radius 1 is 0.760 bits per heavy atom. The molecule has 1 nitrogen and oxygen atoms in total. The van der Waals surface area contributed by atoms with E-state index in [9.17, 15) is 0 Å². The number of alkyl halides is 2. The number of allylic oxidation sites excluding steroid dienone is 8. The van der Waals surface area contributed by atoms with Gasteiger partial charge in [-0.3, -0.25) is 0 Å². The summed E-state index contributed by atoms with van der Waals surface area (Å²) in [6.45, 7) is 0. The first-order valence-corrected chi connectivity index (χ1v) is 10.0. The van der Waals surface area contributed by atoms with Crippen molar-refractivity contribution in [3.63, 3.8) is 0 Å². The average Bonchev–Trinajstić information content (AvgIpc) is 3.15. The molecule has 2 unspecified atom stereocenters. The van der Waals surface area contributed by atoms with E-state index >= 15 is 0 Å². The van der Waals surface area contributed by atoms with Crippen LogP contribution in [-0.2, 0) is 26.2 Å². The maximum absolute atomic E-state index is 7.02. The molecule has 136 valence electrons. The van der Waals surface area contributed by atoms with E-state index < -0.39 is 0 Å². The minimum Gasteiger partial charge on any atom is -0.400 e. The van der Waals surface area contributed by atoms with Crippen molar-refractivity contribution in [3.8, 4) is 0 Å². The van der Waals surface area contributed by atoms with E-state index in [0.717, 1.165) is 20.0 Å². The number of hydrogen-bond acceptors (Lipinski definition) is 1. The van der Waals surface area contributed by atoms with Crippen LogP contribution in [0.3, 0.4) is 0 Å². The van der Waals surface area contributed by atoms with Gasteiger partial charge < -0.3 is 5.11 Å². The molecule has 4 heteroatoms. The zero-order valence-electron chi connectivity index (χ0n) is 15.1. The smallest absolute Gasteiger partial charge is 0.0844 e. The van der Waals surface area contributed by atoms with Crippen LogP contribution >= 0.6 is 23.2 Å². The van der Waals surface area contributed by atoms with Crippen molar-refractivity contribution < 1.29 is 31.3 Å². The number of halogens is 2. The van der Waals surface area contributed by atoms with Crippen LogP contribution in [0.2, 0.25) is 0 Å². The van der Waals surface area contributed by atoms with Crippen molar-refractivity contribution in [1.82, 2.24) is 0 Å². The standard InChI is InChI=1S/C20H24Cl2.CH4O.Zr/c21-19(11-9-15-5-1-3-7-17(15)19)13-14-20(22)12-10-16-6-2-4-8-18(16)20;1-2;/h9-12H,1-8,13-14H2;2H,1H3;. The van der Waals surface area contributed by atoms with Crippen LogP contribution in [0.1, 0.15) is 64.2 Å². The molecule has 4 aliphatic carbocycles. The molecule has 1 N–H and O–H groups in total. The predicted molar refractivity (Wildman–Crippen MR) is 104 cm³/mol. The Labute approximate surface area is 181 Å². The molecule has 4 aliphatic rings. The van der Waals surface area contributed by atoms with Gasteiger partial charge in [0.15, 0.2) is 0 Å². The van der Waals surface area contributed by atoms with E-state index in [1.165, 1.54) is 73.7 Å². The molecule has 0 saturated carbocycles. The van der Waals surface area contributed by atoms with E-state index in [-0.39, 0.29) is 36.0 Å². The van der Waals surface area contributed by atoms with Gasteiger partial charge in [-0.2, -0.15) is 0 Å². The zero-order chi connectivity index (χ0) is 17.2. The Hall–Kier alpha value is 0.383. The molecule has 0 aromatic rings. The fraction of sp³-hybridized carbons (Fsp3) is 0.619. The van der Waals surface area contributed by atoms with Gasteiger partial charge in [-0.05, 0) is 86.5 Å². The van der Waals surface area contributed by atoms with Gasteiger partial charge in [0.05, 0.1) is 9.75 Å². The first-order valence-electron chi connectivity index (χ1n) is 9.27. The first-order chi connectivity index (χ1) is 11.6. The predicted octanol–water partition coefficient (Wildman–Crippen LogP) is 6.21. The molecule has 0 aromatic carbocycles. The SMILES string of the molecule is CO.ClC1(CCC2(Cl)C=CC3=C2CCCC3)C=CC2=C1CCCC2.[Zr]. The fourth-order valence-electron chi connectivity index (χ4n) is 4.67. The van der Waals surface area contributed by atoms with Crippen molar-refractivity contribution in [3.05, 3.63) is 46.6 Å². The number of rotatable bonds is 3. The second-order valence-electron chi connectivity index (χ2n) is 7.31. The van der Waals surface area contributed by atoms with Crippen LogP contribution in [0.5, 0.6) is 0 Å². The van der Waals surface area contributed by atoms with Crippen molar-refractivity contribution in [2.24, 2.45) is 0 Å². The summed E-state index contributed by atoms with van der Waals surface area (Å²) in [5.74, 6) is 0. The summed E-state index contributed by atoms with van der Waals surface area (Å²) in [6, 6.07) is 0. The minimum absolute atomic E-state index is 0. The summed E-state index contributed by atoms with van der Waals surface area (Å²) in [6.07, 6.45) is 20.9. The van der Waals surface area contributed by atoms with Gasteiger partial charge in [0.25, 0.3) is 0 Å². The van der Waals surface area contributed by atoms with Gasteiger partial charge in [-0.1, -0.05) is 24.3 Å². The quantitative estimate of drug-likeness (QED) is 0.499. The first kappa shape index (κ1) is 21.7. The summed E-state index contributed by atoms with van der Waals surface area (Å²) < 4.78 is 0. The van der Waals surface area contributed by atoms with E-state index in [1.807, 2.05) is 0 Å². The number of aliphatic hydroxyl groups excluding tert-OH is 1. The summed E-state index contributed by atoms with van der Waals surface area (Å²) in [5, 5.41) is 7.00. The van der Waals surface area contributed by atoms with Gasteiger partial charge in [0.2, 0.25) is 0 Å². The fourth-order valence-corrected chi connectivity index (χ4v) is 5.42. The van der Waals surface area contributed by atoms with Crippen LogP contribution in [0.25, 0.3) is 0 Å². The van der Waals surface area contributed by atoms with E-state index in [4.69, 9.17) is 28.3 Å². The summed E-state index contributed by atoms with van der Waals surface area (Å²) >= 11 is 14.0. The van der Waals surface area contributed by atoms with Gasteiger partial charge in [0.1, 0.15) is 0 Å². The summed E-state index contributed by atoms with van der Waals surface area (Å²) in [4.78, 5) is -0.521. The second kappa shape index (κ2) is 9.05. The molecule has 0 amide bonds. The molecule has 0 saturated heterocycles. The van der Waals surface area contributed by atoms with Crippen LogP contribution < -0.4 is 0 Å². The van der Waals surface area contributed by atoms with Crippen molar-refractivity contribution in [1.29, 1.82) is 0 Å². The monoisotopic (exact) mass is 456 g/mol. The van der Waals surface area contributed by atoms with Crippen LogP contribution in [-0.4, -0.2) is 22.0 Å².